The number of benzene rings is 2. The van der Waals surface area contributed by atoms with Gasteiger partial charge in [-0.2, -0.15) is 0 Å². The summed E-state index contributed by atoms with van der Waals surface area (Å²) in [4.78, 5) is 59.4. The number of carbonyl (C=O) groups excluding carboxylic acids is 3. The second-order valence-electron chi connectivity index (χ2n) is 12.2. The number of aliphatic carboxylic acids is 1. The highest BCUT2D eigenvalue weighted by Crippen LogP contribution is 2.21. The summed E-state index contributed by atoms with van der Waals surface area (Å²) in [5.74, 6) is -3.80. The normalized spacial score (nSPS) is 13.4. The molecule has 0 spiro atoms. The van der Waals surface area contributed by atoms with Gasteiger partial charge in [-0.05, 0) is 55.4 Å². The molecule has 4 atom stereocenters. The molecule has 0 aliphatic heterocycles. The van der Waals surface area contributed by atoms with E-state index >= 15 is 0 Å². The molecule has 2 aromatic carbocycles. The average Bonchev–Trinajstić information content (AvgIpc) is 3.70. The number of fused-ring (bicyclic) bond motifs is 2. The van der Waals surface area contributed by atoms with E-state index in [1.807, 2.05) is 48.5 Å². The van der Waals surface area contributed by atoms with E-state index < -0.39 is 47.9 Å². The predicted octanol–water partition coefficient (Wildman–Crippen LogP) is -0.173. The Hall–Kier alpha value is -6.10. The minimum absolute atomic E-state index is 0.0292. The molecule has 0 saturated carbocycles. The molecule has 51 heavy (non-hydrogen) atoms. The van der Waals surface area contributed by atoms with Gasteiger partial charge in [0, 0.05) is 53.7 Å². The molecule has 17 heteroatoms. The van der Waals surface area contributed by atoms with Gasteiger partial charge in [-0.1, -0.05) is 36.4 Å². The van der Waals surface area contributed by atoms with E-state index in [2.05, 4.69) is 36.6 Å². The molecule has 16 N–H and O–H groups in total. The number of carboxylic acid groups (broad SMARTS) is 1. The lowest BCUT2D eigenvalue weighted by molar-refractivity contribution is -0.142. The Morgan fingerprint density at radius 1 is 0.667 bits per heavy atom. The van der Waals surface area contributed by atoms with E-state index in [-0.39, 0.29) is 63.5 Å². The van der Waals surface area contributed by atoms with Crippen LogP contribution in [0.5, 0.6) is 0 Å². The van der Waals surface area contributed by atoms with Crippen LogP contribution in [0.3, 0.4) is 0 Å². The molecule has 0 radical (unpaired) electrons. The average molecular weight is 703 g/mol. The van der Waals surface area contributed by atoms with Gasteiger partial charge in [-0.25, -0.2) is 4.79 Å². The van der Waals surface area contributed by atoms with Crippen LogP contribution in [0.4, 0.5) is 0 Å². The minimum Gasteiger partial charge on any atom is -0.480 e. The van der Waals surface area contributed by atoms with Crippen molar-refractivity contribution in [3.63, 3.8) is 0 Å². The Labute approximate surface area is 293 Å². The fourth-order valence-corrected chi connectivity index (χ4v) is 5.77. The number of nitrogens with one attached hydrogen (secondary N) is 9. The lowest BCUT2D eigenvalue weighted by Crippen LogP contribution is -2.57. The van der Waals surface area contributed by atoms with Gasteiger partial charge >= 0.3 is 5.97 Å². The van der Waals surface area contributed by atoms with Crippen molar-refractivity contribution in [3.05, 3.63) is 72.1 Å². The Kier molecular flexibility index (Phi) is 13.3. The van der Waals surface area contributed by atoms with E-state index in [0.717, 1.165) is 32.9 Å². The number of guanidine groups is 2. The second-order valence-corrected chi connectivity index (χ2v) is 12.2. The number of H-pyrrole nitrogens is 2. The third kappa shape index (κ3) is 10.9. The minimum atomic E-state index is -1.29. The fraction of sp³-hybridized carbons (Fsp3) is 0.353. The Bertz CT molecular complexity index is 1850. The Balaban J connectivity index is 1.53. The van der Waals surface area contributed by atoms with Gasteiger partial charge in [0.25, 0.3) is 0 Å². The van der Waals surface area contributed by atoms with Crippen LogP contribution in [-0.2, 0) is 32.0 Å². The third-order valence-electron chi connectivity index (χ3n) is 8.40. The summed E-state index contributed by atoms with van der Waals surface area (Å²) in [5, 5.41) is 39.5. The third-order valence-corrected chi connectivity index (χ3v) is 8.40. The van der Waals surface area contributed by atoms with Gasteiger partial charge < -0.3 is 58.9 Å². The van der Waals surface area contributed by atoms with Crippen molar-refractivity contribution in [2.24, 2.45) is 17.2 Å². The van der Waals surface area contributed by atoms with E-state index in [9.17, 15) is 24.3 Å². The molecule has 272 valence electrons. The first-order valence-corrected chi connectivity index (χ1v) is 16.6. The summed E-state index contributed by atoms with van der Waals surface area (Å²) < 4.78 is 0. The van der Waals surface area contributed by atoms with Crippen molar-refractivity contribution in [3.8, 4) is 0 Å². The smallest absolute Gasteiger partial charge is 0.326 e. The SMILES string of the molecule is N=C(N)NCCC[C@H](NC(=O)[C@H](CCCNC(=N)N)NC(=O)[C@H](Cc1c[nH]c2ccccc12)NC(=O)[C@@H](N)Cc1c[nH]c2ccccc12)C(=O)O. The van der Waals surface area contributed by atoms with Crippen molar-refractivity contribution in [1.82, 2.24) is 36.6 Å². The van der Waals surface area contributed by atoms with Gasteiger partial charge in [0.15, 0.2) is 11.9 Å². The highest BCUT2D eigenvalue weighted by molar-refractivity contribution is 5.95. The van der Waals surface area contributed by atoms with Crippen LogP contribution in [-0.4, -0.2) is 87.9 Å². The fourth-order valence-electron chi connectivity index (χ4n) is 5.77. The molecule has 4 rings (SSSR count). The van der Waals surface area contributed by atoms with Crippen LogP contribution in [0.2, 0.25) is 0 Å². The highest BCUT2D eigenvalue weighted by Gasteiger charge is 2.31. The lowest BCUT2D eigenvalue weighted by Gasteiger charge is -2.25. The number of hydrogen-bond acceptors (Lipinski definition) is 7. The number of amides is 3. The Morgan fingerprint density at radius 2 is 1.12 bits per heavy atom. The molecule has 0 saturated heterocycles. The zero-order valence-electron chi connectivity index (χ0n) is 28.1. The first kappa shape index (κ1) is 37.7. The van der Waals surface area contributed by atoms with Crippen LogP contribution >= 0.6 is 0 Å². The molecule has 0 fully saturated rings. The zero-order chi connectivity index (χ0) is 36.9. The molecule has 0 unspecified atom stereocenters. The summed E-state index contributed by atoms with van der Waals surface area (Å²) in [7, 11) is 0. The molecule has 2 aromatic heterocycles. The van der Waals surface area contributed by atoms with E-state index in [4.69, 9.17) is 28.0 Å². The summed E-state index contributed by atoms with van der Waals surface area (Å²) in [5.41, 5.74) is 20.4. The molecule has 17 nitrogen and oxygen atoms in total. The molecule has 3 amide bonds. The maximum Gasteiger partial charge on any atom is 0.326 e. The summed E-state index contributed by atoms with van der Waals surface area (Å²) in [6.07, 6.45) is 4.46. The van der Waals surface area contributed by atoms with Crippen LogP contribution in [0.1, 0.15) is 36.8 Å². The number of rotatable bonds is 19. The molecular weight excluding hydrogens is 656 g/mol. The largest absolute Gasteiger partial charge is 0.480 e. The zero-order valence-corrected chi connectivity index (χ0v) is 28.1. The Morgan fingerprint density at radius 3 is 1.65 bits per heavy atom. The summed E-state index contributed by atoms with van der Waals surface area (Å²) >= 11 is 0. The first-order valence-electron chi connectivity index (χ1n) is 16.6. The lowest BCUT2D eigenvalue weighted by atomic mass is 10.0. The molecule has 0 bridgehead atoms. The van der Waals surface area contributed by atoms with Crippen molar-refractivity contribution in [2.75, 3.05) is 13.1 Å². The maximum absolute atomic E-state index is 14.0. The van der Waals surface area contributed by atoms with Crippen LogP contribution in [0.25, 0.3) is 21.8 Å². The van der Waals surface area contributed by atoms with E-state index in [1.165, 1.54) is 0 Å². The first-order chi connectivity index (χ1) is 24.4. The summed E-state index contributed by atoms with van der Waals surface area (Å²) in [6.45, 7) is 0.440. The van der Waals surface area contributed by atoms with Gasteiger partial charge in [0.2, 0.25) is 17.7 Å². The number of nitrogens with two attached hydrogens (primary N) is 3. The number of aromatic amines is 2. The van der Waals surface area contributed by atoms with Crippen molar-refractivity contribution < 1.29 is 24.3 Å². The topological polar surface area (TPSA) is 306 Å². The molecule has 0 aliphatic carbocycles. The van der Waals surface area contributed by atoms with Gasteiger partial charge in [-0.3, -0.25) is 25.2 Å². The van der Waals surface area contributed by atoms with Gasteiger partial charge in [0.1, 0.15) is 18.1 Å². The van der Waals surface area contributed by atoms with Crippen molar-refractivity contribution in [2.45, 2.75) is 62.7 Å². The van der Waals surface area contributed by atoms with E-state index in [0.29, 0.717) is 0 Å². The van der Waals surface area contributed by atoms with Crippen LogP contribution < -0.4 is 43.8 Å². The number of para-hydroxylation sites is 2. The number of hydrogen-bond donors (Lipinski definition) is 13. The predicted molar refractivity (Wildman–Crippen MR) is 194 cm³/mol. The molecule has 4 aromatic rings. The molecular formula is C34H46N12O5. The van der Waals surface area contributed by atoms with Gasteiger partial charge in [0.05, 0.1) is 6.04 Å². The van der Waals surface area contributed by atoms with Crippen molar-refractivity contribution in [1.29, 1.82) is 10.8 Å². The van der Waals surface area contributed by atoms with Crippen molar-refractivity contribution >= 4 is 57.4 Å². The van der Waals surface area contributed by atoms with Crippen LogP contribution in [0.15, 0.2) is 60.9 Å². The maximum atomic E-state index is 14.0. The summed E-state index contributed by atoms with van der Waals surface area (Å²) in [6, 6.07) is 10.5. The molecule has 2 heterocycles. The number of aromatic nitrogens is 2. The standard InChI is InChI=1S/C34H46N12O5/c35-23(15-19-17-42-24-9-3-1-7-21(19)24)29(47)46-28(16-20-18-43-25-10-4-2-8-22(20)25)31(49)44-26(11-5-13-40-33(36)37)30(48)45-27(32(50)51)12-6-14-41-34(38)39/h1-4,7-10,17-18,23,26-28,42-43H,5-6,11-16,35H2,(H,44,49)(H,45,48)(H,46,47)(H,50,51)(H4,36,37,40)(H4,38,39,41)/t23-,26-,27-,28-/m0/s1. The molecule has 0 aliphatic rings. The second kappa shape index (κ2) is 18.1. The van der Waals surface area contributed by atoms with E-state index in [1.54, 1.807) is 12.4 Å². The monoisotopic (exact) mass is 702 g/mol. The highest BCUT2D eigenvalue weighted by atomic mass is 16.4. The quantitative estimate of drug-likeness (QED) is 0.0347. The van der Waals surface area contributed by atoms with Crippen LogP contribution in [0, 0.1) is 10.8 Å². The van der Waals surface area contributed by atoms with Gasteiger partial charge in [-0.15, -0.1) is 0 Å². The number of carbonyl (C=O) groups is 4. The number of carboxylic acids is 1.